The summed E-state index contributed by atoms with van der Waals surface area (Å²) in [6.07, 6.45) is 0. The van der Waals surface area contributed by atoms with Gasteiger partial charge in [-0.3, -0.25) is 4.79 Å². The Labute approximate surface area is 135 Å². The van der Waals surface area contributed by atoms with Gasteiger partial charge in [0.2, 0.25) is 0 Å². The number of hydrogen-bond acceptors (Lipinski definition) is 1. The molecule has 2 aromatic carbocycles. The first kappa shape index (κ1) is 16.0. The number of carbonyl (C=O) groups excluding carboxylic acids is 1. The third-order valence-electron chi connectivity index (χ3n) is 4.57. The van der Waals surface area contributed by atoms with Crippen molar-refractivity contribution in [2.45, 2.75) is 39.4 Å². The third kappa shape index (κ3) is 2.82. The molecule has 21 heavy (non-hydrogen) atoms. The van der Waals surface area contributed by atoms with Gasteiger partial charge in [-0.25, -0.2) is 0 Å². The number of halogens is 1. The van der Waals surface area contributed by atoms with E-state index in [1.165, 1.54) is 16.7 Å². The van der Waals surface area contributed by atoms with Crippen LogP contribution < -0.4 is 0 Å². The molecule has 0 aromatic heterocycles. The maximum absolute atomic E-state index is 13.0. The average molecular weight is 345 g/mol. The van der Waals surface area contributed by atoms with Crippen LogP contribution in [0.4, 0.5) is 0 Å². The first-order chi connectivity index (χ1) is 9.86. The van der Waals surface area contributed by atoms with E-state index in [1.54, 1.807) is 0 Å². The van der Waals surface area contributed by atoms with Gasteiger partial charge in [0.05, 0.1) is 0 Å². The highest BCUT2D eigenvalue weighted by atomic mass is 79.9. The molecule has 0 bridgehead atoms. The minimum Gasteiger partial charge on any atom is -0.293 e. The van der Waals surface area contributed by atoms with Crippen LogP contribution in [0.5, 0.6) is 0 Å². The highest BCUT2D eigenvalue weighted by Gasteiger charge is 2.24. The van der Waals surface area contributed by atoms with Gasteiger partial charge in [0.15, 0.2) is 5.78 Å². The molecule has 0 saturated carbocycles. The second-order valence-corrected chi connectivity index (χ2v) is 6.55. The minimum absolute atomic E-state index is 0.141. The van der Waals surface area contributed by atoms with Crippen molar-refractivity contribution in [3.63, 3.8) is 0 Å². The molecule has 2 aromatic rings. The second kappa shape index (κ2) is 6.15. The highest BCUT2D eigenvalue weighted by Crippen LogP contribution is 2.33. The fraction of sp³-hybridized carbons (Fsp3) is 0.316. The Morgan fingerprint density at radius 1 is 0.810 bits per heavy atom. The molecule has 0 fully saturated rings. The third-order valence-corrected chi connectivity index (χ3v) is 5.51. The number of hydrogen-bond donors (Lipinski definition) is 0. The van der Waals surface area contributed by atoms with Crippen LogP contribution in [0.25, 0.3) is 0 Å². The first-order valence-corrected chi connectivity index (χ1v) is 8.08. The number of carbonyl (C=O) groups is 1. The van der Waals surface area contributed by atoms with Crippen molar-refractivity contribution in [2.75, 3.05) is 0 Å². The molecule has 2 heteroatoms. The Kier molecular flexibility index (Phi) is 4.67. The topological polar surface area (TPSA) is 17.1 Å². The van der Waals surface area contributed by atoms with E-state index in [0.717, 1.165) is 22.3 Å². The maximum atomic E-state index is 13.0. The molecular formula is C19H21BrO. The number of benzene rings is 2. The van der Waals surface area contributed by atoms with E-state index in [-0.39, 0.29) is 10.6 Å². The molecule has 0 aliphatic rings. The number of Topliss-reactive ketones (excluding diaryl/α,β-unsaturated/α-hetero) is 1. The highest BCUT2D eigenvalue weighted by molar-refractivity contribution is 9.09. The SMILES string of the molecule is Cc1c(C)c(C)c(C(=O)C(Br)c2ccccc2)c(C)c1C. The molecule has 2 rings (SSSR count). The maximum Gasteiger partial charge on any atom is 0.181 e. The summed E-state index contributed by atoms with van der Waals surface area (Å²) in [5.74, 6) is 0.141. The van der Waals surface area contributed by atoms with Gasteiger partial charge in [-0.1, -0.05) is 46.3 Å². The van der Waals surface area contributed by atoms with Crippen LogP contribution >= 0.6 is 15.9 Å². The summed E-state index contributed by atoms with van der Waals surface area (Å²) in [5, 5.41) is 0. The van der Waals surface area contributed by atoms with Gasteiger partial charge in [0.1, 0.15) is 4.83 Å². The summed E-state index contributed by atoms with van der Waals surface area (Å²) >= 11 is 3.57. The van der Waals surface area contributed by atoms with Crippen molar-refractivity contribution in [1.29, 1.82) is 0 Å². The van der Waals surface area contributed by atoms with Crippen LogP contribution in [0.1, 0.15) is 48.6 Å². The van der Waals surface area contributed by atoms with Crippen LogP contribution in [0.3, 0.4) is 0 Å². The molecule has 0 heterocycles. The van der Waals surface area contributed by atoms with Crippen molar-refractivity contribution in [3.8, 4) is 0 Å². The lowest BCUT2D eigenvalue weighted by Crippen LogP contribution is -2.13. The zero-order valence-electron chi connectivity index (χ0n) is 13.3. The van der Waals surface area contributed by atoms with E-state index in [1.807, 2.05) is 44.2 Å². The monoisotopic (exact) mass is 344 g/mol. The number of rotatable bonds is 3. The van der Waals surface area contributed by atoms with Crippen LogP contribution in [0, 0.1) is 34.6 Å². The van der Waals surface area contributed by atoms with E-state index < -0.39 is 0 Å². The van der Waals surface area contributed by atoms with Crippen LogP contribution in [0.15, 0.2) is 30.3 Å². The van der Waals surface area contributed by atoms with Crippen LogP contribution in [-0.4, -0.2) is 5.78 Å². The summed E-state index contributed by atoms with van der Waals surface area (Å²) in [4.78, 5) is 12.7. The van der Waals surface area contributed by atoms with E-state index in [4.69, 9.17) is 0 Å². The van der Waals surface area contributed by atoms with E-state index >= 15 is 0 Å². The summed E-state index contributed by atoms with van der Waals surface area (Å²) < 4.78 is 0. The molecular weight excluding hydrogens is 324 g/mol. The van der Waals surface area contributed by atoms with Gasteiger partial charge in [-0.15, -0.1) is 0 Å². The summed E-state index contributed by atoms with van der Waals surface area (Å²) in [6, 6.07) is 9.85. The van der Waals surface area contributed by atoms with Crippen molar-refractivity contribution in [1.82, 2.24) is 0 Å². The number of alkyl halides is 1. The lowest BCUT2D eigenvalue weighted by Gasteiger charge is -2.20. The second-order valence-electron chi connectivity index (χ2n) is 5.64. The predicted molar refractivity (Wildman–Crippen MR) is 92.6 cm³/mol. The first-order valence-electron chi connectivity index (χ1n) is 7.16. The smallest absolute Gasteiger partial charge is 0.181 e. The lowest BCUT2D eigenvalue weighted by molar-refractivity contribution is 0.0990. The quantitative estimate of drug-likeness (QED) is 0.527. The molecule has 1 unspecified atom stereocenters. The predicted octanol–water partition coefficient (Wildman–Crippen LogP) is 5.55. The van der Waals surface area contributed by atoms with Crippen LogP contribution in [-0.2, 0) is 0 Å². The Morgan fingerprint density at radius 3 is 1.71 bits per heavy atom. The normalized spacial score (nSPS) is 12.3. The summed E-state index contributed by atoms with van der Waals surface area (Å²) in [7, 11) is 0. The fourth-order valence-corrected chi connectivity index (χ4v) is 3.30. The zero-order valence-corrected chi connectivity index (χ0v) is 14.8. The molecule has 0 aliphatic heterocycles. The van der Waals surface area contributed by atoms with Crippen LogP contribution in [0.2, 0.25) is 0 Å². The van der Waals surface area contributed by atoms with E-state index in [2.05, 4.69) is 36.7 Å². The van der Waals surface area contributed by atoms with Crippen molar-refractivity contribution in [2.24, 2.45) is 0 Å². The lowest BCUT2D eigenvalue weighted by atomic mass is 9.86. The van der Waals surface area contributed by atoms with E-state index in [0.29, 0.717) is 0 Å². The van der Waals surface area contributed by atoms with Gasteiger partial charge < -0.3 is 0 Å². The van der Waals surface area contributed by atoms with Crippen molar-refractivity contribution < 1.29 is 4.79 Å². The molecule has 0 saturated heterocycles. The van der Waals surface area contributed by atoms with Crippen molar-refractivity contribution >= 4 is 21.7 Å². The fourth-order valence-electron chi connectivity index (χ4n) is 2.77. The standard InChI is InChI=1S/C19H21BrO/c1-11-12(2)14(4)17(15(5)13(11)3)19(21)18(20)16-9-7-6-8-10-16/h6-10,18H,1-5H3. The largest absolute Gasteiger partial charge is 0.293 e. The Bertz CT molecular complexity index is 657. The molecule has 1 atom stereocenters. The van der Waals surface area contributed by atoms with Gasteiger partial charge in [-0.05, 0) is 68.0 Å². The zero-order chi connectivity index (χ0) is 15.7. The summed E-state index contributed by atoms with van der Waals surface area (Å²) in [5.41, 5.74) is 7.77. The molecule has 0 radical (unpaired) electrons. The molecule has 0 amide bonds. The Hall–Kier alpha value is -1.41. The van der Waals surface area contributed by atoms with E-state index in [9.17, 15) is 4.79 Å². The van der Waals surface area contributed by atoms with Crippen molar-refractivity contribution in [3.05, 3.63) is 69.3 Å². The van der Waals surface area contributed by atoms with Gasteiger partial charge >= 0.3 is 0 Å². The molecule has 0 spiro atoms. The molecule has 0 N–H and O–H groups in total. The summed E-state index contributed by atoms with van der Waals surface area (Å²) in [6.45, 7) is 10.4. The van der Waals surface area contributed by atoms with Gasteiger partial charge in [-0.2, -0.15) is 0 Å². The molecule has 0 aliphatic carbocycles. The van der Waals surface area contributed by atoms with Gasteiger partial charge in [0, 0.05) is 5.56 Å². The molecule has 1 nitrogen and oxygen atoms in total. The molecule has 110 valence electrons. The minimum atomic E-state index is -0.294. The number of ketones is 1. The Morgan fingerprint density at radius 2 is 1.24 bits per heavy atom. The Balaban J connectivity index is 2.55. The van der Waals surface area contributed by atoms with Gasteiger partial charge in [0.25, 0.3) is 0 Å². The average Bonchev–Trinajstić information content (AvgIpc) is 2.51.